The number of carbonyl (C=O) groups excluding carboxylic acids is 1. The van der Waals surface area contributed by atoms with Crippen molar-refractivity contribution in [2.24, 2.45) is 0 Å². The summed E-state index contributed by atoms with van der Waals surface area (Å²) in [6.07, 6.45) is -3.42. The first kappa shape index (κ1) is 16.9. The molecule has 0 saturated heterocycles. The topological polar surface area (TPSA) is 53.3 Å². The first-order valence-electron chi connectivity index (χ1n) is 6.76. The second-order valence-electron chi connectivity index (χ2n) is 5.02. The third kappa shape index (κ3) is 3.64. The van der Waals surface area contributed by atoms with Crippen molar-refractivity contribution in [3.8, 4) is 11.4 Å². The van der Waals surface area contributed by atoms with E-state index in [-0.39, 0.29) is 17.3 Å². The lowest BCUT2D eigenvalue weighted by atomic mass is 10.0. The standard InChI is InChI=1S/C15H15F3N2O3/c1-9(2)10-8-19-20(13(10)14(21)22-3)11-6-4-5-7-12(11)23-15(16,17)18/h4-9H,1-3H3. The van der Waals surface area contributed by atoms with Crippen molar-refractivity contribution in [1.29, 1.82) is 0 Å². The molecular formula is C15H15F3N2O3. The van der Waals surface area contributed by atoms with E-state index in [9.17, 15) is 18.0 Å². The van der Waals surface area contributed by atoms with Crippen molar-refractivity contribution in [3.05, 3.63) is 41.7 Å². The van der Waals surface area contributed by atoms with Crippen LogP contribution in [-0.2, 0) is 4.74 Å². The zero-order valence-electron chi connectivity index (χ0n) is 12.7. The second kappa shape index (κ2) is 6.31. The number of hydrogen-bond donors (Lipinski definition) is 0. The van der Waals surface area contributed by atoms with Crippen LogP contribution in [0.1, 0.15) is 35.8 Å². The molecule has 0 spiro atoms. The summed E-state index contributed by atoms with van der Waals surface area (Å²) in [4.78, 5) is 12.0. The van der Waals surface area contributed by atoms with E-state index < -0.39 is 18.1 Å². The maximum Gasteiger partial charge on any atom is 0.573 e. The highest BCUT2D eigenvalue weighted by Gasteiger charge is 2.33. The van der Waals surface area contributed by atoms with Crippen molar-refractivity contribution in [3.63, 3.8) is 0 Å². The average molecular weight is 328 g/mol. The fourth-order valence-electron chi connectivity index (χ4n) is 2.11. The van der Waals surface area contributed by atoms with Gasteiger partial charge in [0.25, 0.3) is 0 Å². The molecule has 0 N–H and O–H groups in total. The summed E-state index contributed by atoms with van der Waals surface area (Å²) >= 11 is 0. The number of aromatic nitrogens is 2. The minimum absolute atomic E-state index is 0.00266. The number of rotatable bonds is 4. The van der Waals surface area contributed by atoms with E-state index >= 15 is 0 Å². The molecular weight excluding hydrogens is 313 g/mol. The highest BCUT2D eigenvalue weighted by molar-refractivity contribution is 5.90. The summed E-state index contributed by atoms with van der Waals surface area (Å²) in [5.74, 6) is -1.20. The summed E-state index contributed by atoms with van der Waals surface area (Å²) in [7, 11) is 1.20. The lowest BCUT2D eigenvalue weighted by Crippen LogP contribution is -2.19. The molecule has 23 heavy (non-hydrogen) atoms. The van der Waals surface area contributed by atoms with Crippen LogP contribution >= 0.6 is 0 Å². The van der Waals surface area contributed by atoms with Crippen molar-refractivity contribution in [2.75, 3.05) is 7.11 Å². The summed E-state index contributed by atoms with van der Waals surface area (Å²) in [5.41, 5.74) is 0.636. The Hall–Kier alpha value is -2.51. The molecule has 0 unspecified atom stereocenters. The molecule has 0 bridgehead atoms. The molecule has 5 nitrogen and oxygen atoms in total. The van der Waals surface area contributed by atoms with Crippen LogP contribution in [0.25, 0.3) is 5.69 Å². The van der Waals surface area contributed by atoms with Crippen LogP contribution in [0.4, 0.5) is 13.2 Å². The molecule has 2 rings (SSSR count). The largest absolute Gasteiger partial charge is 0.573 e. The Balaban J connectivity index is 2.61. The molecule has 0 radical (unpaired) electrons. The number of hydrogen-bond acceptors (Lipinski definition) is 4. The number of para-hydroxylation sites is 2. The van der Waals surface area contributed by atoms with Gasteiger partial charge in [-0.2, -0.15) is 5.10 Å². The van der Waals surface area contributed by atoms with Crippen LogP contribution in [0.2, 0.25) is 0 Å². The normalized spacial score (nSPS) is 11.6. The number of ether oxygens (including phenoxy) is 2. The third-order valence-corrected chi connectivity index (χ3v) is 3.12. The SMILES string of the molecule is COC(=O)c1c(C(C)C)cnn1-c1ccccc1OC(F)(F)F. The summed E-state index contributed by atoms with van der Waals surface area (Å²) < 4.78 is 47.5. The van der Waals surface area contributed by atoms with Gasteiger partial charge in [-0.3, -0.25) is 0 Å². The zero-order chi connectivity index (χ0) is 17.2. The molecule has 124 valence electrons. The Morgan fingerprint density at radius 2 is 1.91 bits per heavy atom. The first-order valence-corrected chi connectivity index (χ1v) is 6.76. The molecule has 0 aliphatic carbocycles. The molecule has 0 atom stereocenters. The smallest absolute Gasteiger partial charge is 0.464 e. The average Bonchev–Trinajstić information content (AvgIpc) is 2.90. The van der Waals surface area contributed by atoms with Crippen LogP contribution in [-0.4, -0.2) is 29.2 Å². The summed E-state index contributed by atoms with van der Waals surface area (Å²) in [6, 6.07) is 5.46. The number of benzene rings is 1. The Kier molecular flexibility index (Phi) is 4.63. The van der Waals surface area contributed by atoms with Gasteiger partial charge in [0.1, 0.15) is 5.69 Å². The number of methoxy groups -OCH3 is 1. The zero-order valence-corrected chi connectivity index (χ0v) is 12.7. The van der Waals surface area contributed by atoms with Gasteiger partial charge >= 0.3 is 12.3 Å². The molecule has 1 heterocycles. The number of carbonyl (C=O) groups is 1. The fourth-order valence-corrected chi connectivity index (χ4v) is 2.11. The monoisotopic (exact) mass is 328 g/mol. The van der Waals surface area contributed by atoms with E-state index in [4.69, 9.17) is 4.74 Å². The van der Waals surface area contributed by atoms with E-state index in [0.717, 1.165) is 10.7 Å². The molecule has 1 aromatic heterocycles. The minimum atomic E-state index is -4.85. The highest BCUT2D eigenvalue weighted by atomic mass is 19.4. The minimum Gasteiger partial charge on any atom is -0.464 e. The van der Waals surface area contributed by atoms with Gasteiger partial charge in [0, 0.05) is 5.56 Å². The van der Waals surface area contributed by atoms with Gasteiger partial charge < -0.3 is 9.47 Å². The van der Waals surface area contributed by atoms with Crippen LogP contribution < -0.4 is 4.74 Å². The van der Waals surface area contributed by atoms with Crippen molar-refractivity contribution < 1.29 is 27.4 Å². The second-order valence-corrected chi connectivity index (χ2v) is 5.02. The number of halogens is 3. The Labute approximate surface area is 130 Å². The lowest BCUT2D eigenvalue weighted by molar-refractivity contribution is -0.274. The molecule has 8 heteroatoms. The third-order valence-electron chi connectivity index (χ3n) is 3.12. The fraction of sp³-hybridized carbons (Fsp3) is 0.333. The van der Waals surface area contributed by atoms with Gasteiger partial charge in [0.2, 0.25) is 0 Å². The van der Waals surface area contributed by atoms with Gasteiger partial charge in [-0.25, -0.2) is 9.48 Å². The van der Waals surface area contributed by atoms with Crippen LogP contribution in [0.3, 0.4) is 0 Å². The van der Waals surface area contributed by atoms with E-state index in [0.29, 0.717) is 5.56 Å². The van der Waals surface area contributed by atoms with E-state index in [1.807, 2.05) is 13.8 Å². The Morgan fingerprint density at radius 3 is 2.48 bits per heavy atom. The van der Waals surface area contributed by atoms with E-state index in [1.54, 1.807) is 0 Å². The first-order chi connectivity index (χ1) is 10.7. The quantitative estimate of drug-likeness (QED) is 0.804. The maximum absolute atomic E-state index is 12.6. The van der Waals surface area contributed by atoms with Gasteiger partial charge in [0.15, 0.2) is 11.4 Å². The number of esters is 1. The van der Waals surface area contributed by atoms with E-state index in [1.165, 1.54) is 31.5 Å². The number of alkyl halides is 3. The number of nitrogens with zero attached hydrogens (tertiary/aromatic N) is 2. The van der Waals surface area contributed by atoms with Gasteiger partial charge in [0.05, 0.1) is 13.3 Å². The molecule has 0 amide bonds. The van der Waals surface area contributed by atoms with Crippen molar-refractivity contribution >= 4 is 5.97 Å². The molecule has 0 saturated carbocycles. The summed E-state index contributed by atoms with van der Waals surface area (Å²) in [6.45, 7) is 3.68. The van der Waals surface area contributed by atoms with Crippen molar-refractivity contribution in [2.45, 2.75) is 26.1 Å². The van der Waals surface area contributed by atoms with Crippen molar-refractivity contribution in [1.82, 2.24) is 9.78 Å². The van der Waals surface area contributed by atoms with Crippen LogP contribution in [0, 0.1) is 0 Å². The molecule has 1 aromatic carbocycles. The molecule has 0 aliphatic heterocycles. The molecule has 0 aliphatic rings. The lowest BCUT2D eigenvalue weighted by Gasteiger charge is -2.15. The van der Waals surface area contributed by atoms with Gasteiger partial charge in [-0.1, -0.05) is 26.0 Å². The molecule has 0 fully saturated rings. The summed E-state index contributed by atoms with van der Waals surface area (Å²) in [5, 5.41) is 4.04. The van der Waals surface area contributed by atoms with Gasteiger partial charge in [-0.05, 0) is 18.1 Å². The predicted octanol–water partition coefficient (Wildman–Crippen LogP) is 3.68. The Morgan fingerprint density at radius 1 is 1.26 bits per heavy atom. The van der Waals surface area contributed by atoms with E-state index in [2.05, 4.69) is 9.84 Å². The predicted molar refractivity (Wildman–Crippen MR) is 75.7 cm³/mol. The van der Waals surface area contributed by atoms with Crippen LogP contribution in [0.15, 0.2) is 30.5 Å². The maximum atomic E-state index is 12.6. The van der Waals surface area contributed by atoms with Crippen LogP contribution in [0.5, 0.6) is 5.75 Å². The van der Waals surface area contributed by atoms with Gasteiger partial charge in [-0.15, -0.1) is 13.2 Å². The Bertz CT molecular complexity index is 708. The molecule has 2 aromatic rings. The highest BCUT2D eigenvalue weighted by Crippen LogP contribution is 2.31.